The van der Waals surface area contributed by atoms with E-state index in [0.29, 0.717) is 22.2 Å². The van der Waals surface area contributed by atoms with Gasteiger partial charge in [-0.15, -0.1) is 0 Å². The van der Waals surface area contributed by atoms with E-state index in [9.17, 15) is 14.0 Å². The van der Waals surface area contributed by atoms with Crippen molar-refractivity contribution < 1.29 is 13.9 Å². The molecule has 176 valence electrons. The standard InChI is InChI=1S/C27H23FN4O3/c1-35-24-13-7-3-8-18(24)14-29-25(33)17-32-27(34)26-21(15-30-32)20-10-4-6-12-23(20)31(26)16-19-9-2-5-11-22(19)28/h2-13,15H,14,16-17H2,1H3,(H,29,33). The lowest BCUT2D eigenvalue weighted by Crippen LogP contribution is -2.34. The lowest BCUT2D eigenvalue weighted by molar-refractivity contribution is -0.122. The normalized spacial score (nSPS) is 11.1. The van der Waals surface area contributed by atoms with Crippen molar-refractivity contribution in [2.24, 2.45) is 0 Å². The van der Waals surface area contributed by atoms with Gasteiger partial charge < -0.3 is 14.6 Å². The number of amides is 1. The molecule has 5 rings (SSSR count). The predicted molar refractivity (Wildman–Crippen MR) is 132 cm³/mol. The molecule has 8 heteroatoms. The van der Waals surface area contributed by atoms with E-state index in [2.05, 4.69) is 10.4 Å². The van der Waals surface area contributed by atoms with Crippen molar-refractivity contribution >= 4 is 27.7 Å². The average Bonchev–Trinajstić information content (AvgIpc) is 3.20. The number of ether oxygens (including phenoxy) is 1. The maximum Gasteiger partial charge on any atom is 0.291 e. The van der Waals surface area contributed by atoms with Gasteiger partial charge in [0.1, 0.15) is 23.6 Å². The molecule has 0 saturated heterocycles. The van der Waals surface area contributed by atoms with Crippen LogP contribution in [0.4, 0.5) is 4.39 Å². The molecular weight excluding hydrogens is 447 g/mol. The van der Waals surface area contributed by atoms with E-state index >= 15 is 0 Å². The summed E-state index contributed by atoms with van der Waals surface area (Å²) in [6.07, 6.45) is 1.59. The Morgan fingerprint density at radius 1 is 0.971 bits per heavy atom. The van der Waals surface area contributed by atoms with Crippen LogP contribution in [0.2, 0.25) is 0 Å². The molecule has 0 atom stereocenters. The maximum atomic E-state index is 14.4. The number of methoxy groups -OCH3 is 1. The third kappa shape index (κ3) is 4.26. The molecule has 2 heterocycles. The Bertz CT molecular complexity index is 1610. The first-order chi connectivity index (χ1) is 17.1. The minimum Gasteiger partial charge on any atom is -0.496 e. The monoisotopic (exact) mass is 470 g/mol. The summed E-state index contributed by atoms with van der Waals surface area (Å²) in [5.41, 5.74) is 2.05. The van der Waals surface area contributed by atoms with Crippen molar-refractivity contribution in [2.75, 3.05) is 7.11 Å². The second kappa shape index (κ2) is 9.42. The molecule has 0 aliphatic carbocycles. The van der Waals surface area contributed by atoms with E-state index < -0.39 is 5.56 Å². The van der Waals surface area contributed by atoms with Crippen LogP contribution in [0.15, 0.2) is 83.8 Å². The van der Waals surface area contributed by atoms with Crippen LogP contribution in [-0.4, -0.2) is 27.4 Å². The fourth-order valence-electron chi connectivity index (χ4n) is 4.30. The number of aromatic nitrogens is 3. The number of nitrogens with one attached hydrogen (secondary N) is 1. The first-order valence-electron chi connectivity index (χ1n) is 11.2. The van der Waals surface area contributed by atoms with Gasteiger partial charge in [-0.25, -0.2) is 9.07 Å². The molecule has 0 aliphatic rings. The highest BCUT2D eigenvalue weighted by Crippen LogP contribution is 2.27. The maximum absolute atomic E-state index is 14.4. The van der Waals surface area contributed by atoms with E-state index in [1.807, 2.05) is 48.5 Å². The molecule has 5 aromatic rings. The average molecular weight is 471 g/mol. The lowest BCUT2D eigenvalue weighted by atomic mass is 10.2. The van der Waals surface area contributed by atoms with Crippen LogP contribution in [0.25, 0.3) is 21.8 Å². The van der Waals surface area contributed by atoms with Gasteiger partial charge in [-0.2, -0.15) is 5.10 Å². The molecule has 7 nitrogen and oxygen atoms in total. The van der Waals surface area contributed by atoms with Crippen molar-refractivity contribution in [1.29, 1.82) is 0 Å². The number of fused-ring (bicyclic) bond motifs is 3. The number of hydrogen-bond acceptors (Lipinski definition) is 4. The van der Waals surface area contributed by atoms with Crippen molar-refractivity contribution in [1.82, 2.24) is 19.7 Å². The number of benzene rings is 3. The summed E-state index contributed by atoms with van der Waals surface area (Å²) >= 11 is 0. The number of nitrogens with zero attached hydrogens (tertiary/aromatic N) is 3. The third-order valence-electron chi connectivity index (χ3n) is 6.02. The number of carbonyl (C=O) groups excluding carboxylic acids is 1. The SMILES string of the molecule is COc1ccccc1CNC(=O)Cn1ncc2c3ccccc3n(Cc3ccccc3F)c2c1=O. The molecule has 0 saturated carbocycles. The predicted octanol–water partition coefficient (Wildman–Crippen LogP) is 3.86. The Labute approximate surface area is 200 Å². The van der Waals surface area contributed by atoms with Gasteiger partial charge in [0.05, 0.1) is 19.9 Å². The quantitative estimate of drug-likeness (QED) is 0.392. The molecule has 0 fully saturated rings. The largest absolute Gasteiger partial charge is 0.496 e. The summed E-state index contributed by atoms with van der Waals surface area (Å²) < 4.78 is 22.7. The fourth-order valence-corrected chi connectivity index (χ4v) is 4.30. The Kier molecular flexibility index (Phi) is 6.01. The smallest absolute Gasteiger partial charge is 0.291 e. The Hall–Kier alpha value is -4.46. The molecule has 3 aromatic carbocycles. The van der Waals surface area contributed by atoms with Crippen molar-refractivity contribution in [3.63, 3.8) is 0 Å². The van der Waals surface area contributed by atoms with Crippen molar-refractivity contribution in [3.8, 4) is 5.75 Å². The third-order valence-corrected chi connectivity index (χ3v) is 6.02. The highest BCUT2D eigenvalue weighted by molar-refractivity contribution is 6.07. The Balaban J connectivity index is 1.49. The second-order valence-corrected chi connectivity index (χ2v) is 8.15. The van der Waals surface area contributed by atoms with E-state index in [1.165, 1.54) is 6.07 Å². The molecule has 1 N–H and O–H groups in total. The van der Waals surface area contributed by atoms with Gasteiger partial charge in [-0.3, -0.25) is 9.59 Å². The van der Waals surface area contributed by atoms with Gasteiger partial charge in [-0.1, -0.05) is 54.6 Å². The van der Waals surface area contributed by atoms with E-state index in [-0.39, 0.29) is 31.4 Å². The first kappa shape index (κ1) is 22.3. The number of para-hydroxylation sites is 2. The number of carbonyl (C=O) groups is 1. The van der Waals surface area contributed by atoms with E-state index in [0.717, 1.165) is 21.1 Å². The van der Waals surface area contributed by atoms with Gasteiger partial charge in [0.25, 0.3) is 5.56 Å². The lowest BCUT2D eigenvalue weighted by Gasteiger charge is -2.11. The minimum absolute atomic E-state index is 0.177. The van der Waals surface area contributed by atoms with Crippen molar-refractivity contribution in [2.45, 2.75) is 19.6 Å². The summed E-state index contributed by atoms with van der Waals surface area (Å²) in [5, 5.41) is 8.57. The van der Waals surface area contributed by atoms with E-state index in [4.69, 9.17) is 4.74 Å². The van der Waals surface area contributed by atoms with Crippen LogP contribution < -0.4 is 15.6 Å². The van der Waals surface area contributed by atoms with Crippen molar-refractivity contribution in [3.05, 3.63) is 106 Å². The summed E-state index contributed by atoms with van der Waals surface area (Å²) in [6.45, 7) is 0.189. The molecule has 2 aromatic heterocycles. The van der Waals surface area contributed by atoms with Gasteiger partial charge in [0.2, 0.25) is 5.91 Å². The molecule has 0 aliphatic heterocycles. The first-order valence-corrected chi connectivity index (χ1v) is 11.2. The van der Waals surface area contributed by atoms with Crippen LogP contribution in [-0.2, 0) is 24.4 Å². The number of hydrogen-bond donors (Lipinski definition) is 1. The molecular formula is C27H23FN4O3. The molecule has 0 bridgehead atoms. The molecule has 0 spiro atoms. The van der Waals surface area contributed by atoms with Gasteiger partial charge in [-0.05, 0) is 18.2 Å². The molecule has 0 radical (unpaired) electrons. The Morgan fingerprint density at radius 2 is 1.69 bits per heavy atom. The highest BCUT2D eigenvalue weighted by atomic mass is 19.1. The minimum atomic E-state index is -0.414. The zero-order chi connectivity index (χ0) is 24.4. The summed E-state index contributed by atoms with van der Waals surface area (Å²) in [4.78, 5) is 26.1. The summed E-state index contributed by atoms with van der Waals surface area (Å²) in [7, 11) is 1.57. The molecule has 0 unspecified atom stereocenters. The number of rotatable bonds is 7. The van der Waals surface area contributed by atoms with Crippen LogP contribution in [0, 0.1) is 5.82 Å². The second-order valence-electron chi connectivity index (χ2n) is 8.15. The topological polar surface area (TPSA) is 78.2 Å². The highest BCUT2D eigenvalue weighted by Gasteiger charge is 2.18. The summed E-state index contributed by atoms with van der Waals surface area (Å²) in [6, 6.07) is 21.4. The molecule has 1 amide bonds. The van der Waals surface area contributed by atoms with Gasteiger partial charge >= 0.3 is 0 Å². The van der Waals surface area contributed by atoms with Gasteiger partial charge in [0.15, 0.2) is 0 Å². The summed E-state index contributed by atoms with van der Waals surface area (Å²) in [5.74, 6) is -0.0349. The van der Waals surface area contributed by atoms with Crippen LogP contribution in [0.1, 0.15) is 11.1 Å². The van der Waals surface area contributed by atoms with Crippen LogP contribution >= 0.6 is 0 Å². The fraction of sp³-hybridized carbons (Fsp3) is 0.148. The van der Waals surface area contributed by atoms with E-state index in [1.54, 1.807) is 36.1 Å². The zero-order valence-corrected chi connectivity index (χ0v) is 19.1. The van der Waals surface area contributed by atoms with Crippen LogP contribution in [0.3, 0.4) is 0 Å². The zero-order valence-electron chi connectivity index (χ0n) is 19.1. The van der Waals surface area contributed by atoms with Crippen LogP contribution in [0.5, 0.6) is 5.75 Å². The molecule has 35 heavy (non-hydrogen) atoms. The Morgan fingerprint density at radius 3 is 2.49 bits per heavy atom. The number of halogens is 1. The van der Waals surface area contributed by atoms with Gasteiger partial charge in [0, 0.05) is 34.0 Å².